The van der Waals surface area contributed by atoms with E-state index in [4.69, 9.17) is 0 Å². The number of nitrogens with one attached hydrogen (secondary N) is 1. The lowest BCUT2D eigenvalue weighted by Gasteiger charge is -2.17. The molecule has 0 bridgehead atoms. The Morgan fingerprint density at radius 2 is 1.60 bits per heavy atom. The Morgan fingerprint density at radius 1 is 0.800 bits per heavy atom. The summed E-state index contributed by atoms with van der Waals surface area (Å²) in [6.45, 7) is 0. The SMILES string of the molecule is [O-][NH+]1c2ccccc2-c2ccc(-c3ccccn3)cc21. The Bertz CT molecular complexity index is 784. The monoisotopic (exact) mass is 260 g/mol. The van der Waals surface area contributed by atoms with Crippen molar-refractivity contribution in [3.05, 3.63) is 72.1 Å². The topological polar surface area (TPSA) is 40.4 Å². The van der Waals surface area contributed by atoms with E-state index in [1.165, 1.54) is 0 Å². The third kappa shape index (κ3) is 1.58. The minimum absolute atomic E-state index is 0.105. The zero-order chi connectivity index (χ0) is 13.5. The summed E-state index contributed by atoms with van der Waals surface area (Å²) in [4.78, 5) is 4.34. The summed E-state index contributed by atoms with van der Waals surface area (Å²) in [5.41, 5.74) is 5.48. The Labute approximate surface area is 116 Å². The number of aromatic nitrogens is 1. The van der Waals surface area contributed by atoms with Crippen LogP contribution in [0.15, 0.2) is 66.9 Å². The van der Waals surface area contributed by atoms with Gasteiger partial charge in [-0.1, -0.05) is 24.3 Å². The molecule has 1 aliphatic rings. The smallest absolute Gasteiger partial charge is 0.145 e. The van der Waals surface area contributed by atoms with Crippen LogP contribution >= 0.6 is 0 Å². The lowest BCUT2D eigenvalue weighted by atomic mass is 10.0. The molecule has 3 nitrogen and oxygen atoms in total. The van der Waals surface area contributed by atoms with E-state index in [9.17, 15) is 5.21 Å². The van der Waals surface area contributed by atoms with Crippen molar-refractivity contribution in [3.63, 3.8) is 0 Å². The maximum absolute atomic E-state index is 12.5. The second-order valence-electron chi connectivity index (χ2n) is 4.85. The van der Waals surface area contributed by atoms with Crippen LogP contribution in [0, 0.1) is 5.21 Å². The van der Waals surface area contributed by atoms with E-state index in [0.29, 0.717) is 0 Å². The minimum atomic E-state index is 0.105. The van der Waals surface area contributed by atoms with Crippen LogP contribution in [0.5, 0.6) is 0 Å². The Morgan fingerprint density at radius 3 is 2.45 bits per heavy atom. The fraction of sp³-hybridized carbons (Fsp3) is 0. The van der Waals surface area contributed by atoms with Gasteiger partial charge in [0.1, 0.15) is 11.4 Å². The second kappa shape index (κ2) is 4.27. The molecule has 0 spiro atoms. The molecule has 0 amide bonds. The summed E-state index contributed by atoms with van der Waals surface area (Å²) in [6, 6.07) is 19.5. The van der Waals surface area contributed by atoms with Crippen LogP contribution in [0.2, 0.25) is 0 Å². The van der Waals surface area contributed by atoms with E-state index in [2.05, 4.69) is 4.98 Å². The van der Waals surface area contributed by atoms with Crippen molar-refractivity contribution in [2.45, 2.75) is 0 Å². The summed E-state index contributed by atoms with van der Waals surface area (Å²) in [6.07, 6.45) is 1.76. The number of pyridine rings is 1. The van der Waals surface area contributed by atoms with E-state index in [1.54, 1.807) is 6.20 Å². The number of fused-ring (bicyclic) bond motifs is 3. The quantitative estimate of drug-likeness (QED) is 0.683. The third-order valence-electron chi connectivity index (χ3n) is 3.69. The number of hydrogen-bond donors (Lipinski definition) is 1. The molecule has 0 saturated carbocycles. The molecular formula is C17H12N2O. The van der Waals surface area contributed by atoms with E-state index >= 15 is 0 Å². The van der Waals surface area contributed by atoms with Crippen molar-refractivity contribution < 1.29 is 5.06 Å². The van der Waals surface area contributed by atoms with Crippen molar-refractivity contribution in [1.82, 2.24) is 4.98 Å². The first kappa shape index (κ1) is 11.3. The standard InChI is InChI=1S/C17H12N2O/c20-19-16-7-2-1-5-13(16)14-9-8-12(11-17(14)19)15-6-3-4-10-18-15/h1-11,19H. The van der Waals surface area contributed by atoms with Gasteiger partial charge >= 0.3 is 0 Å². The molecule has 0 aliphatic carbocycles. The lowest BCUT2D eigenvalue weighted by Crippen LogP contribution is -2.95. The van der Waals surface area contributed by atoms with Gasteiger partial charge in [-0.2, -0.15) is 0 Å². The van der Waals surface area contributed by atoms with Gasteiger partial charge in [0.05, 0.1) is 5.69 Å². The normalized spacial score (nSPS) is 15.8. The van der Waals surface area contributed by atoms with Gasteiger partial charge in [0.15, 0.2) is 0 Å². The Balaban J connectivity index is 1.89. The number of nitrogens with zero attached hydrogens (tertiary/aromatic N) is 1. The van der Waals surface area contributed by atoms with Crippen molar-refractivity contribution in [2.75, 3.05) is 0 Å². The number of rotatable bonds is 1. The van der Waals surface area contributed by atoms with Crippen molar-refractivity contribution in [2.24, 2.45) is 0 Å². The fourth-order valence-electron chi connectivity index (χ4n) is 2.72. The Kier molecular flexibility index (Phi) is 2.42. The number of quaternary nitrogens is 1. The Hall–Kier alpha value is -2.49. The van der Waals surface area contributed by atoms with Crippen molar-refractivity contribution in [1.29, 1.82) is 0 Å². The van der Waals surface area contributed by atoms with Gasteiger partial charge in [-0.05, 0) is 24.3 Å². The molecule has 1 aromatic heterocycles. The largest absolute Gasteiger partial charge is 0.623 e. The highest BCUT2D eigenvalue weighted by atomic mass is 16.5. The first-order valence-corrected chi connectivity index (χ1v) is 6.54. The summed E-state index contributed by atoms with van der Waals surface area (Å²) >= 11 is 0. The maximum Gasteiger partial charge on any atom is 0.145 e. The van der Waals surface area contributed by atoms with Crippen LogP contribution in [0.25, 0.3) is 22.4 Å². The molecule has 1 atom stereocenters. The minimum Gasteiger partial charge on any atom is -0.623 e. The van der Waals surface area contributed by atoms with Gasteiger partial charge in [-0.3, -0.25) is 4.98 Å². The van der Waals surface area contributed by atoms with Gasteiger partial charge < -0.3 is 10.3 Å². The maximum atomic E-state index is 12.5. The fourth-order valence-corrected chi connectivity index (χ4v) is 2.72. The number of hydrogen-bond acceptors (Lipinski definition) is 2. The van der Waals surface area contributed by atoms with Gasteiger partial charge in [0, 0.05) is 35.0 Å². The highest BCUT2D eigenvalue weighted by Crippen LogP contribution is 2.38. The van der Waals surface area contributed by atoms with Crippen LogP contribution in [0.1, 0.15) is 0 Å². The lowest BCUT2D eigenvalue weighted by molar-refractivity contribution is -0.694. The van der Waals surface area contributed by atoms with E-state index < -0.39 is 0 Å². The molecule has 1 aliphatic heterocycles. The van der Waals surface area contributed by atoms with Crippen LogP contribution in [0.4, 0.5) is 11.4 Å². The average Bonchev–Trinajstić information content (AvgIpc) is 2.81. The molecule has 0 radical (unpaired) electrons. The molecule has 1 N–H and O–H groups in total. The molecule has 4 rings (SSSR count). The predicted molar refractivity (Wildman–Crippen MR) is 78.8 cm³/mol. The van der Waals surface area contributed by atoms with Crippen LogP contribution in [-0.4, -0.2) is 4.98 Å². The van der Waals surface area contributed by atoms with Crippen LogP contribution in [-0.2, 0) is 0 Å². The first-order valence-electron chi connectivity index (χ1n) is 6.54. The molecule has 1 unspecified atom stereocenters. The summed E-state index contributed by atoms with van der Waals surface area (Å²) in [7, 11) is 0. The molecule has 2 heterocycles. The summed E-state index contributed by atoms with van der Waals surface area (Å²) in [5.74, 6) is 0. The first-order chi connectivity index (χ1) is 9.84. The summed E-state index contributed by atoms with van der Waals surface area (Å²) in [5, 5.41) is 12.6. The van der Waals surface area contributed by atoms with Crippen molar-refractivity contribution >= 4 is 11.4 Å². The van der Waals surface area contributed by atoms with Gasteiger partial charge in [-0.25, -0.2) is 0 Å². The third-order valence-corrected chi connectivity index (χ3v) is 3.69. The molecular weight excluding hydrogens is 248 g/mol. The molecule has 3 aromatic rings. The highest BCUT2D eigenvalue weighted by molar-refractivity contribution is 5.87. The van der Waals surface area contributed by atoms with Crippen LogP contribution < -0.4 is 5.06 Å². The van der Waals surface area contributed by atoms with E-state index in [-0.39, 0.29) is 5.06 Å². The van der Waals surface area contributed by atoms with Crippen LogP contribution in [0.3, 0.4) is 0 Å². The van der Waals surface area contributed by atoms with E-state index in [1.807, 2.05) is 60.7 Å². The molecule has 2 aromatic carbocycles. The average molecular weight is 260 g/mol. The highest BCUT2D eigenvalue weighted by Gasteiger charge is 2.26. The number of para-hydroxylation sites is 1. The second-order valence-corrected chi connectivity index (χ2v) is 4.85. The predicted octanol–water partition coefficient (Wildman–Crippen LogP) is 3.07. The van der Waals surface area contributed by atoms with E-state index in [0.717, 1.165) is 33.8 Å². The molecule has 0 saturated heterocycles. The number of benzene rings is 2. The van der Waals surface area contributed by atoms with Gasteiger partial charge in [0.2, 0.25) is 0 Å². The zero-order valence-corrected chi connectivity index (χ0v) is 10.7. The van der Waals surface area contributed by atoms with Gasteiger partial charge in [0.25, 0.3) is 0 Å². The van der Waals surface area contributed by atoms with Crippen molar-refractivity contribution in [3.8, 4) is 22.4 Å². The molecule has 20 heavy (non-hydrogen) atoms. The molecule has 96 valence electrons. The zero-order valence-electron chi connectivity index (χ0n) is 10.7. The van der Waals surface area contributed by atoms with Gasteiger partial charge in [-0.15, -0.1) is 0 Å². The molecule has 0 fully saturated rings. The molecule has 3 heteroatoms. The summed E-state index contributed by atoms with van der Waals surface area (Å²) < 4.78 is 0.